The van der Waals surface area contributed by atoms with E-state index in [-0.39, 0.29) is 18.6 Å². The van der Waals surface area contributed by atoms with Crippen LogP contribution >= 0.6 is 0 Å². The summed E-state index contributed by atoms with van der Waals surface area (Å²) in [5.74, 6) is 0.361. The van der Waals surface area contributed by atoms with Crippen molar-refractivity contribution in [3.63, 3.8) is 0 Å². The van der Waals surface area contributed by atoms with Crippen LogP contribution in [-0.4, -0.2) is 47.4 Å². The molecular formula is C18H28N2O3. The quantitative estimate of drug-likeness (QED) is 0.846. The molecule has 1 aromatic rings. The van der Waals surface area contributed by atoms with E-state index < -0.39 is 5.60 Å². The Labute approximate surface area is 138 Å². The number of hydrogen-bond acceptors (Lipinski definition) is 3. The first kappa shape index (κ1) is 17.8. The minimum atomic E-state index is -0.939. The van der Waals surface area contributed by atoms with Crippen molar-refractivity contribution in [2.75, 3.05) is 19.8 Å². The van der Waals surface area contributed by atoms with Crippen molar-refractivity contribution in [3.8, 4) is 0 Å². The maximum atomic E-state index is 12.7. The SMILES string of the molecule is C[C@@H](NC(=O)N(Cc1ccccc1)CC(C)(C)O)[C@@H]1CCOC1. The van der Waals surface area contributed by atoms with Gasteiger partial charge in [-0.2, -0.15) is 0 Å². The topological polar surface area (TPSA) is 61.8 Å². The number of ether oxygens (including phenoxy) is 1. The van der Waals surface area contributed by atoms with E-state index in [1.165, 1.54) is 0 Å². The van der Waals surface area contributed by atoms with E-state index >= 15 is 0 Å². The molecule has 0 aliphatic carbocycles. The van der Waals surface area contributed by atoms with Crippen molar-refractivity contribution in [1.82, 2.24) is 10.2 Å². The van der Waals surface area contributed by atoms with Crippen LogP contribution in [-0.2, 0) is 11.3 Å². The molecule has 2 atom stereocenters. The molecule has 0 aromatic heterocycles. The van der Waals surface area contributed by atoms with Gasteiger partial charge in [-0.3, -0.25) is 0 Å². The second kappa shape index (κ2) is 7.79. The fraction of sp³-hybridized carbons (Fsp3) is 0.611. The van der Waals surface area contributed by atoms with Gasteiger partial charge in [0, 0.05) is 25.1 Å². The van der Waals surface area contributed by atoms with E-state index in [9.17, 15) is 9.90 Å². The molecule has 0 bridgehead atoms. The van der Waals surface area contributed by atoms with E-state index in [1.54, 1.807) is 18.7 Å². The smallest absolute Gasteiger partial charge is 0.318 e. The highest BCUT2D eigenvalue weighted by Gasteiger charge is 2.27. The maximum Gasteiger partial charge on any atom is 0.318 e. The number of nitrogens with zero attached hydrogens (tertiary/aromatic N) is 1. The number of rotatable bonds is 6. The van der Waals surface area contributed by atoms with Gasteiger partial charge in [0.1, 0.15) is 0 Å². The van der Waals surface area contributed by atoms with Crippen molar-refractivity contribution in [2.45, 2.75) is 45.4 Å². The van der Waals surface area contributed by atoms with Crippen LogP contribution in [0.25, 0.3) is 0 Å². The number of nitrogens with one attached hydrogen (secondary N) is 1. The molecule has 5 heteroatoms. The number of benzene rings is 1. The summed E-state index contributed by atoms with van der Waals surface area (Å²) >= 11 is 0. The van der Waals surface area contributed by atoms with Crippen LogP contribution in [0.4, 0.5) is 4.79 Å². The second-order valence-electron chi connectivity index (χ2n) is 7.02. The van der Waals surface area contributed by atoms with Crippen LogP contribution in [0, 0.1) is 5.92 Å². The normalized spacial score (nSPS) is 19.4. The van der Waals surface area contributed by atoms with E-state index in [4.69, 9.17) is 4.74 Å². The van der Waals surface area contributed by atoms with Gasteiger partial charge in [0.15, 0.2) is 0 Å². The lowest BCUT2D eigenvalue weighted by Crippen LogP contribution is -2.50. The highest BCUT2D eigenvalue weighted by molar-refractivity contribution is 5.74. The molecule has 1 aromatic carbocycles. The number of hydrogen-bond donors (Lipinski definition) is 2. The Kier molecular flexibility index (Phi) is 6.02. The number of urea groups is 1. The third kappa shape index (κ3) is 5.84. The third-order valence-electron chi connectivity index (χ3n) is 4.10. The molecule has 2 rings (SSSR count). The zero-order valence-electron chi connectivity index (χ0n) is 14.3. The summed E-state index contributed by atoms with van der Waals surface area (Å²) in [7, 11) is 0. The van der Waals surface area contributed by atoms with E-state index in [2.05, 4.69) is 5.32 Å². The van der Waals surface area contributed by atoms with Crippen LogP contribution in [0.5, 0.6) is 0 Å². The zero-order valence-corrected chi connectivity index (χ0v) is 14.3. The molecular weight excluding hydrogens is 292 g/mol. The Balaban J connectivity index is 2.01. The molecule has 1 aliphatic rings. The lowest BCUT2D eigenvalue weighted by atomic mass is 10.0. The number of carbonyl (C=O) groups excluding carboxylic acids is 1. The van der Waals surface area contributed by atoms with Crippen LogP contribution in [0.1, 0.15) is 32.8 Å². The van der Waals surface area contributed by atoms with Gasteiger partial charge in [-0.05, 0) is 32.8 Å². The molecule has 0 spiro atoms. The molecule has 1 heterocycles. The zero-order chi connectivity index (χ0) is 16.9. The predicted molar refractivity (Wildman–Crippen MR) is 90.1 cm³/mol. The highest BCUT2D eigenvalue weighted by atomic mass is 16.5. The number of aliphatic hydroxyl groups is 1. The largest absolute Gasteiger partial charge is 0.389 e. The van der Waals surface area contributed by atoms with Crippen LogP contribution in [0.15, 0.2) is 30.3 Å². The Bertz CT molecular complexity index is 493. The standard InChI is InChI=1S/C18H28N2O3/c1-14(16-9-10-23-12-16)19-17(21)20(13-18(2,3)22)11-15-7-5-4-6-8-15/h4-8,14,16,22H,9-13H2,1-3H3,(H,19,21)/t14-,16-/m1/s1. The average Bonchev–Trinajstić information content (AvgIpc) is 3.00. The molecule has 1 fully saturated rings. The van der Waals surface area contributed by atoms with Gasteiger partial charge in [-0.1, -0.05) is 30.3 Å². The third-order valence-corrected chi connectivity index (χ3v) is 4.10. The van der Waals surface area contributed by atoms with Gasteiger partial charge in [-0.15, -0.1) is 0 Å². The van der Waals surface area contributed by atoms with Crippen molar-refractivity contribution < 1.29 is 14.6 Å². The van der Waals surface area contributed by atoms with E-state index in [1.807, 2.05) is 37.3 Å². The van der Waals surface area contributed by atoms with Gasteiger partial charge in [0.25, 0.3) is 0 Å². The first-order valence-electron chi connectivity index (χ1n) is 8.24. The molecule has 0 radical (unpaired) electrons. The Hall–Kier alpha value is -1.59. The lowest BCUT2D eigenvalue weighted by molar-refractivity contribution is 0.0438. The summed E-state index contributed by atoms with van der Waals surface area (Å²) in [6, 6.07) is 9.74. The summed E-state index contributed by atoms with van der Waals surface area (Å²) < 4.78 is 5.39. The Morgan fingerprint density at radius 3 is 2.70 bits per heavy atom. The molecule has 1 saturated heterocycles. The fourth-order valence-corrected chi connectivity index (χ4v) is 2.82. The van der Waals surface area contributed by atoms with Crippen molar-refractivity contribution in [2.24, 2.45) is 5.92 Å². The minimum Gasteiger partial charge on any atom is -0.389 e. The minimum absolute atomic E-state index is 0.0603. The average molecular weight is 320 g/mol. The molecule has 2 amide bonds. The van der Waals surface area contributed by atoms with E-state index in [0.717, 1.165) is 18.6 Å². The molecule has 0 saturated carbocycles. The second-order valence-corrected chi connectivity index (χ2v) is 7.02. The van der Waals surface area contributed by atoms with Gasteiger partial charge < -0.3 is 20.1 Å². The summed E-state index contributed by atoms with van der Waals surface area (Å²) in [5.41, 5.74) is 0.106. The first-order valence-corrected chi connectivity index (χ1v) is 8.24. The Morgan fingerprint density at radius 1 is 1.43 bits per heavy atom. The van der Waals surface area contributed by atoms with Gasteiger partial charge in [0.05, 0.1) is 18.8 Å². The molecule has 128 valence electrons. The summed E-state index contributed by atoms with van der Waals surface area (Å²) in [6.45, 7) is 7.67. The lowest BCUT2D eigenvalue weighted by Gasteiger charge is -2.31. The van der Waals surface area contributed by atoms with E-state index in [0.29, 0.717) is 19.1 Å². The predicted octanol–water partition coefficient (Wildman–Crippen LogP) is 2.39. The van der Waals surface area contributed by atoms with Crippen LogP contribution < -0.4 is 5.32 Å². The summed E-state index contributed by atoms with van der Waals surface area (Å²) in [5, 5.41) is 13.2. The molecule has 1 aliphatic heterocycles. The maximum absolute atomic E-state index is 12.7. The van der Waals surface area contributed by atoms with Crippen LogP contribution in [0.3, 0.4) is 0 Å². The number of amides is 2. The van der Waals surface area contributed by atoms with Crippen molar-refractivity contribution >= 4 is 6.03 Å². The van der Waals surface area contributed by atoms with Gasteiger partial charge >= 0.3 is 6.03 Å². The number of carbonyl (C=O) groups is 1. The molecule has 2 N–H and O–H groups in total. The summed E-state index contributed by atoms with van der Waals surface area (Å²) in [6.07, 6.45) is 0.978. The highest BCUT2D eigenvalue weighted by Crippen LogP contribution is 2.17. The Morgan fingerprint density at radius 2 is 2.13 bits per heavy atom. The summed E-state index contributed by atoms with van der Waals surface area (Å²) in [4.78, 5) is 14.3. The van der Waals surface area contributed by atoms with Crippen molar-refractivity contribution in [3.05, 3.63) is 35.9 Å². The molecule has 23 heavy (non-hydrogen) atoms. The fourth-order valence-electron chi connectivity index (χ4n) is 2.82. The van der Waals surface area contributed by atoms with Crippen molar-refractivity contribution in [1.29, 1.82) is 0 Å². The van der Waals surface area contributed by atoms with Crippen LogP contribution in [0.2, 0.25) is 0 Å². The monoisotopic (exact) mass is 320 g/mol. The van der Waals surface area contributed by atoms with Gasteiger partial charge in [-0.25, -0.2) is 4.79 Å². The molecule has 0 unspecified atom stereocenters. The molecule has 5 nitrogen and oxygen atoms in total. The first-order chi connectivity index (χ1) is 10.8. The van der Waals surface area contributed by atoms with Gasteiger partial charge in [0.2, 0.25) is 0 Å².